The molecule has 0 aliphatic heterocycles. The molecular formula is C16H18IN3. The average Bonchev–Trinajstić information content (AvgIpc) is 2.50. The van der Waals surface area contributed by atoms with Gasteiger partial charge < -0.3 is 0 Å². The Kier molecular flexibility index (Phi) is 4.33. The van der Waals surface area contributed by atoms with E-state index in [9.17, 15) is 0 Å². The van der Waals surface area contributed by atoms with Gasteiger partial charge in [-0.3, -0.25) is 16.3 Å². The number of aryl methyl sites for hydroxylation is 1. The van der Waals surface area contributed by atoms with Gasteiger partial charge in [-0.1, -0.05) is 18.2 Å². The average molecular weight is 379 g/mol. The number of benzene rings is 1. The van der Waals surface area contributed by atoms with Crippen molar-refractivity contribution in [3.05, 3.63) is 63.0 Å². The van der Waals surface area contributed by atoms with Crippen LogP contribution >= 0.6 is 22.6 Å². The summed E-state index contributed by atoms with van der Waals surface area (Å²) >= 11 is 2.32. The zero-order valence-corrected chi connectivity index (χ0v) is 13.4. The summed E-state index contributed by atoms with van der Waals surface area (Å²) in [7, 11) is 0. The number of hydrogen-bond donors (Lipinski definition) is 2. The molecule has 1 aliphatic rings. The molecule has 0 spiro atoms. The van der Waals surface area contributed by atoms with Crippen LogP contribution < -0.4 is 11.3 Å². The highest BCUT2D eigenvalue weighted by Gasteiger charge is 2.29. The zero-order chi connectivity index (χ0) is 13.9. The van der Waals surface area contributed by atoms with Crippen molar-refractivity contribution in [2.45, 2.75) is 31.2 Å². The van der Waals surface area contributed by atoms with Gasteiger partial charge in [0.2, 0.25) is 0 Å². The lowest BCUT2D eigenvalue weighted by atomic mass is 9.80. The van der Waals surface area contributed by atoms with Crippen LogP contribution in [0, 0.1) is 3.57 Å². The standard InChI is InChI=1S/C16H18IN3/c17-13-8-6-12(7-9-13)16(20-18)14-5-1-3-11-4-2-10-19-15(11)14/h2,4,6-10,14,16,20H,1,3,5,18H2. The topological polar surface area (TPSA) is 50.9 Å². The van der Waals surface area contributed by atoms with Gasteiger partial charge in [0.15, 0.2) is 0 Å². The number of nitrogens with one attached hydrogen (secondary N) is 1. The summed E-state index contributed by atoms with van der Waals surface area (Å²) in [5, 5.41) is 0. The highest BCUT2D eigenvalue weighted by molar-refractivity contribution is 14.1. The summed E-state index contributed by atoms with van der Waals surface area (Å²) in [6.07, 6.45) is 5.35. The summed E-state index contributed by atoms with van der Waals surface area (Å²) in [4.78, 5) is 4.62. The SMILES string of the molecule is NNC(c1ccc(I)cc1)C1CCCc2cccnc21. The third kappa shape index (κ3) is 2.73. The summed E-state index contributed by atoms with van der Waals surface area (Å²) < 4.78 is 1.24. The van der Waals surface area contributed by atoms with Gasteiger partial charge in [0.05, 0.1) is 6.04 Å². The number of rotatable bonds is 3. The normalized spacial score (nSPS) is 19.4. The fourth-order valence-corrected chi connectivity index (χ4v) is 3.44. The fraction of sp³-hybridized carbons (Fsp3) is 0.312. The van der Waals surface area contributed by atoms with Crippen LogP contribution in [0.1, 0.15) is 41.6 Å². The van der Waals surface area contributed by atoms with Gasteiger partial charge in [0.1, 0.15) is 0 Å². The van der Waals surface area contributed by atoms with E-state index < -0.39 is 0 Å². The Morgan fingerprint density at radius 3 is 2.80 bits per heavy atom. The Bertz CT molecular complexity index is 583. The molecule has 104 valence electrons. The van der Waals surface area contributed by atoms with Crippen LogP contribution in [0.25, 0.3) is 0 Å². The second-order valence-electron chi connectivity index (χ2n) is 5.24. The van der Waals surface area contributed by atoms with E-state index in [0.29, 0.717) is 5.92 Å². The molecule has 0 saturated carbocycles. The summed E-state index contributed by atoms with van der Waals surface area (Å²) in [5.74, 6) is 6.20. The maximum absolute atomic E-state index is 5.85. The number of hydrazine groups is 1. The molecule has 0 fully saturated rings. The van der Waals surface area contributed by atoms with Gasteiger partial charge in [0.25, 0.3) is 0 Å². The molecule has 0 saturated heterocycles. The first-order valence-corrected chi connectivity index (χ1v) is 8.03. The maximum atomic E-state index is 5.85. The molecule has 3 N–H and O–H groups in total. The molecule has 0 bridgehead atoms. The van der Waals surface area contributed by atoms with E-state index >= 15 is 0 Å². The van der Waals surface area contributed by atoms with Crippen LogP contribution in [0.15, 0.2) is 42.6 Å². The summed E-state index contributed by atoms with van der Waals surface area (Å²) in [6.45, 7) is 0. The van der Waals surface area contributed by atoms with Crippen molar-refractivity contribution in [3.8, 4) is 0 Å². The lowest BCUT2D eigenvalue weighted by Crippen LogP contribution is -2.34. The fourth-order valence-electron chi connectivity index (χ4n) is 3.08. The molecule has 1 aromatic heterocycles. The van der Waals surface area contributed by atoms with Crippen molar-refractivity contribution in [3.63, 3.8) is 0 Å². The van der Waals surface area contributed by atoms with E-state index in [1.807, 2.05) is 12.3 Å². The number of aromatic nitrogens is 1. The van der Waals surface area contributed by atoms with Gasteiger partial charge >= 0.3 is 0 Å². The minimum Gasteiger partial charge on any atom is -0.271 e. The number of fused-ring (bicyclic) bond motifs is 1. The van der Waals surface area contributed by atoms with Crippen LogP contribution in [0.4, 0.5) is 0 Å². The predicted molar refractivity (Wildman–Crippen MR) is 89.1 cm³/mol. The van der Waals surface area contributed by atoms with E-state index in [1.54, 1.807) is 0 Å². The molecule has 2 atom stereocenters. The Labute approximate surface area is 133 Å². The van der Waals surface area contributed by atoms with Crippen LogP contribution in [-0.2, 0) is 6.42 Å². The van der Waals surface area contributed by atoms with Crippen molar-refractivity contribution >= 4 is 22.6 Å². The van der Waals surface area contributed by atoms with Gasteiger partial charge in [-0.25, -0.2) is 0 Å². The molecule has 0 amide bonds. The number of halogens is 1. The van der Waals surface area contributed by atoms with Crippen molar-refractivity contribution < 1.29 is 0 Å². The van der Waals surface area contributed by atoms with Gasteiger partial charge in [0, 0.05) is 21.4 Å². The summed E-state index contributed by atoms with van der Waals surface area (Å²) in [6, 6.07) is 12.9. The lowest BCUT2D eigenvalue weighted by Gasteiger charge is -2.31. The minimum absolute atomic E-state index is 0.126. The first-order valence-electron chi connectivity index (χ1n) is 6.95. The van der Waals surface area contributed by atoms with Crippen LogP contribution in [-0.4, -0.2) is 4.98 Å². The van der Waals surface area contributed by atoms with Gasteiger partial charge in [-0.2, -0.15) is 0 Å². The third-order valence-corrected chi connectivity index (χ3v) is 4.77. The largest absolute Gasteiger partial charge is 0.271 e. The molecule has 2 aromatic rings. The zero-order valence-electron chi connectivity index (χ0n) is 11.2. The first kappa shape index (κ1) is 14.0. The molecule has 3 nitrogen and oxygen atoms in total. The van der Waals surface area contributed by atoms with Gasteiger partial charge in [-0.05, 0) is 71.2 Å². The summed E-state index contributed by atoms with van der Waals surface area (Å²) in [5.41, 5.74) is 6.82. The van der Waals surface area contributed by atoms with Crippen molar-refractivity contribution in [2.24, 2.45) is 5.84 Å². The third-order valence-electron chi connectivity index (χ3n) is 4.05. The Morgan fingerprint density at radius 2 is 2.05 bits per heavy atom. The van der Waals surface area contributed by atoms with E-state index in [1.165, 1.54) is 26.8 Å². The molecule has 3 rings (SSSR count). The second kappa shape index (κ2) is 6.20. The Hall–Kier alpha value is -0.980. The molecule has 0 radical (unpaired) electrons. The van der Waals surface area contributed by atoms with Crippen molar-refractivity contribution in [2.75, 3.05) is 0 Å². The number of pyridine rings is 1. The number of nitrogens with two attached hydrogens (primary N) is 1. The monoisotopic (exact) mass is 379 g/mol. The highest BCUT2D eigenvalue weighted by Crippen LogP contribution is 2.38. The molecule has 20 heavy (non-hydrogen) atoms. The Morgan fingerprint density at radius 1 is 1.25 bits per heavy atom. The van der Waals surface area contributed by atoms with Crippen molar-refractivity contribution in [1.82, 2.24) is 10.4 Å². The number of hydrogen-bond acceptors (Lipinski definition) is 3. The molecule has 2 unspecified atom stereocenters. The molecule has 1 aliphatic carbocycles. The van der Waals surface area contributed by atoms with Crippen LogP contribution in [0.3, 0.4) is 0 Å². The first-order chi connectivity index (χ1) is 9.79. The number of nitrogens with zero attached hydrogens (tertiary/aromatic N) is 1. The molecular weight excluding hydrogens is 361 g/mol. The minimum atomic E-state index is 0.126. The maximum Gasteiger partial charge on any atom is 0.0543 e. The second-order valence-corrected chi connectivity index (χ2v) is 6.49. The van der Waals surface area contributed by atoms with E-state index in [-0.39, 0.29) is 6.04 Å². The smallest absolute Gasteiger partial charge is 0.0543 e. The lowest BCUT2D eigenvalue weighted by molar-refractivity contribution is 0.400. The Balaban J connectivity index is 1.96. The van der Waals surface area contributed by atoms with Crippen LogP contribution in [0.5, 0.6) is 0 Å². The quantitative estimate of drug-likeness (QED) is 0.489. The van der Waals surface area contributed by atoms with E-state index in [4.69, 9.17) is 5.84 Å². The van der Waals surface area contributed by atoms with E-state index in [2.05, 4.69) is 63.3 Å². The van der Waals surface area contributed by atoms with E-state index in [0.717, 1.165) is 12.8 Å². The predicted octanol–water partition coefficient (Wildman–Crippen LogP) is 3.31. The van der Waals surface area contributed by atoms with Gasteiger partial charge in [-0.15, -0.1) is 0 Å². The molecule has 4 heteroatoms. The van der Waals surface area contributed by atoms with Crippen LogP contribution in [0.2, 0.25) is 0 Å². The highest BCUT2D eigenvalue weighted by atomic mass is 127. The molecule has 1 heterocycles. The van der Waals surface area contributed by atoms with Crippen molar-refractivity contribution in [1.29, 1.82) is 0 Å². The molecule has 1 aromatic carbocycles.